The van der Waals surface area contributed by atoms with Crippen molar-refractivity contribution in [1.29, 1.82) is 0 Å². The van der Waals surface area contributed by atoms with Crippen LogP contribution in [0.25, 0.3) is 10.9 Å². The smallest absolute Gasteiger partial charge is 0.258 e. The van der Waals surface area contributed by atoms with Crippen LogP contribution in [0.4, 0.5) is 0 Å². The van der Waals surface area contributed by atoms with Gasteiger partial charge >= 0.3 is 0 Å². The minimum atomic E-state index is -0.145. The van der Waals surface area contributed by atoms with Crippen LogP contribution in [0.3, 0.4) is 0 Å². The third-order valence-electron chi connectivity index (χ3n) is 4.81. The Morgan fingerprint density at radius 1 is 1.10 bits per heavy atom. The molecule has 2 N–H and O–H groups in total. The van der Waals surface area contributed by atoms with E-state index in [4.69, 9.17) is 0 Å². The second-order valence-corrected chi connectivity index (χ2v) is 7.18. The summed E-state index contributed by atoms with van der Waals surface area (Å²) in [6.45, 7) is 4.22. The Hall–Kier alpha value is -2.99. The Labute approximate surface area is 171 Å². The SMILES string of the molecule is CCCCN(CC(=O)NCCc1ccccc1)Cc1nc2ccccc2c(=O)[nH]1. The van der Waals surface area contributed by atoms with Crippen LogP contribution in [0.1, 0.15) is 31.2 Å². The summed E-state index contributed by atoms with van der Waals surface area (Å²) in [5, 5.41) is 3.57. The molecule has 3 rings (SSSR count). The van der Waals surface area contributed by atoms with Crippen molar-refractivity contribution in [2.75, 3.05) is 19.6 Å². The number of hydrogen-bond donors (Lipinski definition) is 2. The van der Waals surface area contributed by atoms with Crippen LogP contribution in [0.15, 0.2) is 59.4 Å². The average Bonchev–Trinajstić information content (AvgIpc) is 2.73. The average molecular weight is 393 g/mol. The third-order valence-corrected chi connectivity index (χ3v) is 4.81. The number of fused-ring (bicyclic) bond motifs is 1. The highest BCUT2D eigenvalue weighted by molar-refractivity contribution is 5.78. The molecule has 1 amide bonds. The number of para-hydroxylation sites is 1. The zero-order chi connectivity index (χ0) is 20.5. The normalized spacial score (nSPS) is 11.1. The number of unbranched alkanes of at least 4 members (excludes halogenated alkanes) is 1. The predicted octanol–water partition coefficient (Wildman–Crippen LogP) is 2.88. The van der Waals surface area contributed by atoms with Crippen molar-refractivity contribution in [2.45, 2.75) is 32.7 Å². The first-order valence-corrected chi connectivity index (χ1v) is 10.2. The largest absolute Gasteiger partial charge is 0.355 e. The molecule has 0 radical (unpaired) electrons. The molecule has 6 heteroatoms. The van der Waals surface area contributed by atoms with Crippen molar-refractivity contribution in [3.05, 3.63) is 76.3 Å². The minimum Gasteiger partial charge on any atom is -0.355 e. The van der Waals surface area contributed by atoms with Crippen molar-refractivity contribution in [3.63, 3.8) is 0 Å². The number of benzene rings is 2. The maximum atomic E-state index is 12.4. The maximum absolute atomic E-state index is 12.4. The molecular weight excluding hydrogens is 364 g/mol. The molecule has 6 nitrogen and oxygen atoms in total. The van der Waals surface area contributed by atoms with Crippen molar-refractivity contribution >= 4 is 16.8 Å². The molecule has 3 aromatic rings. The molecule has 1 aromatic heterocycles. The zero-order valence-corrected chi connectivity index (χ0v) is 16.9. The molecule has 0 saturated heterocycles. The van der Waals surface area contributed by atoms with E-state index in [0.29, 0.717) is 29.8 Å². The number of hydrogen-bond acceptors (Lipinski definition) is 4. The van der Waals surface area contributed by atoms with Gasteiger partial charge in [-0.2, -0.15) is 0 Å². The molecule has 0 unspecified atom stereocenters. The summed E-state index contributed by atoms with van der Waals surface area (Å²) in [6, 6.07) is 17.4. The van der Waals surface area contributed by atoms with Crippen LogP contribution >= 0.6 is 0 Å². The van der Waals surface area contributed by atoms with Gasteiger partial charge in [0.05, 0.1) is 24.0 Å². The first kappa shape index (κ1) is 20.7. The highest BCUT2D eigenvalue weighted by Crippen LogP contribution is 2.08. The van der Waals surface area contributed by atoms with Gasteiger partial charge in [0, 0.05) is 6.54 Å². The van der Waals surface area contributed by atoms with Gasteiger partial charge in [-0.05, 0) is 37.1 Å². The number of carbonyl (C=O) groups excluding carboxylic acids is 1. The summed E-state index contributed by atoms with van der Waals surface area (Å²) in [6.07, 6.45) is 2.82. The summed E-state index contributed by atoms with van der Waals surface area (Å²) >= 11 is 0. The lowest BCUT2D eigenvalue weighted by molar-refractivity contribution is -0.122. The number of nitrogens with zero attached hydrogens (tertiary/aromatic N) is 2. The molecule has 1 heterocycles. The quantitative estimate of drug-likeness (QED) is 0.556. The molecule has 0 spiro atoms. The van der Waals surface area contributed by atoms with Crippen LogP contribution in [-0.2, 0) is 17.8 Å². The Bertz CT molecular complexity index is 985. The monoisotopic (exact) mass is 392 g/mol. The van der Waals surface area contributed by atoms with Crippen LogP contribution in [-0.4, -0.2) is 40.4 Å². The molecule has 0 atom stereocenters. The maximum Gasteiger partial charge on any atom is 0.258 e. The topological polar surface area (TPSA) is 78.1 Å². The second-order valence-electron chi connectivity index (χ2n) is 7.18. The number of aromatic nitrogens is 2. The summed E-state index contributed by atoms with van der Waals surface area (Å²) < 4.78 is 0. The van der Waals surface area contributed by atoms with Crippen molar-refractivity contribution in [1.82, 2.24) is 20.2 Å². The van der Waals surface area contributed by atoms with Gasteiger partial charge in [-0.1, -0.05) is 55.8 Å². The van der Waals surface area contributed by atoms with Crippen LogP contribution in [0, 0.1) is 0 Å². The molecule has 0 aliphatic carbocycles. The van der Waals surface area contributed by atoms with Gasteiger partial charge in [0.15, 0.2) is 0 Å². The molecule has 0 aliphatic rings. The fourth-order valence-electron chi connectivity index (χ4n) is 3.27. The first-order valence-electron chi connectivity index (χ1n) is 10.2. The number of amides is 1. The van der Waals surface area contributed by atoms with Gasteiger partial charge in [0.2, 0.25) is 5.91 Å². The van der Waals surface area contributed by atoms with Gasteiger partial charge in [0.25, 0.3) is 5.56 Å². The number of H-pyrrole nitrogens is 1. The lowest BCUT2D eigenvalue weighted by Gasteiger charge is -2.21. The van der Waals surface area contributed by atoms with E-state index in [1.807, 2.05) is 41.3 Å². The Kier molecular flexibility index (Phi) is 7.53. The van der Waals surface area contributed by atoms with E-state index in [1.54, 1.807) is 6.07 Å². The third kappa shape index (κ3) is 6.26. The Balaban J connectivity index is 1.60. The first-order chi connectivity index (χ1) is 14.2. The standard InChI is InChI=1S/C23H28N4O2/c1-2-3-15-27(17-22(28)24-14-13-18-9-5-4-6-10-18)16-21-25-20-12-8-7-11-19(20)23(29)26-21/h4-12H,2-3,13-17H2,1H3,(H,24,28)(H,25,26,29). The highest BCUT2D eigenvalue weighted by Gasteiger charge is 2.13. The summed E-state index contributed by atoms with van der Waals surface area (Å²) in [5.41, 5.74) is 1.73. The number of rotatable bonds is 10. The van der Waals surface area contributed by atoms with E-state index in [0.717, 1.165) is 25.8 Å². The Morgan fingerprint density at radius 2 is 1.86 bits per heavy atom. The fourth-order valence-corrected chi connectivity index (χ4v) is 3.27. The molecule has 0 fully saturated rings. The van der Waals surface area contributed by atoms with E-state index in [9.17, 15) is 9.59 Å². The molecule has 152 valence electrons. The van der Waals surface area contributed by atoms with Gasteiger partial charge in [-0.15, -0.1) is 0 Å². The number of aromatic amines is 1. The van der Waals surface area contributed by atoms with E-state index in [1.165, 1.54) is 5.56 Å². The summed E-state index contributed by atoms with van der Waals surface area (Å²) in [7, 11) is 0. The summed E-state index contributed by atoms with van der Waals surface area (Å²) in [4.78, 5) is 34.2. The van der Waals surface area contributed by atoms with Crippen molar-refractivity contribution < 1.29 is 4.79 Å². The van der Waals surface area contributed by atoms with Crippen LogP contribution < -0.4 is 10.9 Å². The zero-order valence-electron chi connectivity index (χ0n) is 16.9. The van der Waals surface area contributed by atoms with Crippen LogP contribution in [0.2, 0.25) is 0 Å². The molecule has 2 aromatic carbocycles. The van der Waals surface area contributed by atoms with Gasteiger partial charge in [-0.25, -0.2) is 4.98 Å². The predicted molar refractivity (Wildman–Crippen MR) is 116 cm³/mol. The Morgan fingerprint density at radius 3 is 2.66 bits per heavy atom. The fraction of sp³-hybridized carbons (Fsp3) is 0.348. The second kappa shape index (κ2) is 10.5. The summed E-state index contributed by atoms with van der Waals surface area (Å²) in [5.74, 6) is 0.571. The number of nitrogens with one attached hydrogen (secondary N) is 2. The minimum absolute atomic E-state index is 0.0137. The molecule has 0 aliphatic heterocycles. The van der Waals surface area contributed by atoms with Crippen molar-refractivity contribution in [3.8, 4) is 0 Å². The van der Waals surface area contributed by atoms with Crippen LogP contribution in [0.5, 0.6) is 0 Å². The van der Waals surface area contributed by atoms with E-state index < -0.39 is 0 Å². The van der Waals surface area contributed by atoms with E-state index in [2.05, 4.69) is 34.3 Å². The molecule has 29 heavy (non-hydrogen) atoms. The molecule has 0 bridgehead atoms. The highest BCUT2D eigenvalue weighted by atomic mass is 16.2. The van der Waals surface area contributed by atoms with E-state index >= 15 is 0 Å². The van der Waals surface area contributed by atoms with Gasteiger partial charge in [-0.3, -0.25) is 14.5 Å². The molecule has 0 saturated carbocycles. The van der Waals surface area contributed by atoms with Gasteiger partial charge in [0.1, 0.15) is 5.82 Å². The lowest BCUT2D eigenvalue weighted by Crippen LogP contribution is -2.38. The van der Waals surface area contributed by atoms with E-state index in [-0.39, 0.29) is 18.0 Å². The van der Waals surface area contributed by atoms with Crippen molar-refractivity contribution in [2.24, 2.45) is 0 Å². The lowest BCUT2D eigenvalue weighted by atomic mass is 10.1. The number of carbonyl (C=O) groups is 1. The molecular formula is C23H28N4O2. The van der Waals surface area contributed by atoms with Gasteiger partial charge < -0.3 is 10.3 Å².